The van der Waals surface area contributed by atoms with E-state index in [-0.39, 0.29) is 5.91 Å². The fourth-order valence-corrected chi connectivity index (χ4v) is 2.21. The van der Waals surface area contributed by atoms with Crippen molar-refractivity contribution in [3.05, 3.63) is 65.7 Å². The van der Waals surface area contributed by atoms with Gasteiger partial charge >= 0.3 is 0 Å². The Morgan fingerprint density at radius 2 is 1.88 bits per heavy atom. The zero-order chi connectivity index (χ0) is 18.3. The number of likely N-dealkylation sites (N-methyl/N-ethyl adjacent to an activating group) is 1. The Bertz CT molecular complexity index is 768. The number of carbonyl (C=O) groups excluding carboxylic acids is 1. The van der Waals surface area contributed by atoms with E-state index in [0.29, 0.717) is 24.2 Å². The van der Waals surface area contributed by atoms with E-state index in [1.54, 1.807) is 32.0 Å². The van der Waals surface area contributed by atoms with E-state index in [0.717, 1.165) is 5.69 Å². The molecule has 0 fully saturated rings. The molecule has 0 atom stereocenters. The van der Waals surface area contributed by atoms with Crippen molar-refractivity contribution in [2.75, 3.05) is 25.0 Å². The Morgan fingerprint density at radius 3 is 2.56 bits per heavy atom. The van der Waals surface area contributed by atoms with E-state index in [9.17, 15) is 9.90 Å². The van der Waals surface area contributed by atoms with Crippen LogP contribution in [0.25, 0.3) is 0 Å². The first-order valence-corrected chi connectivity index (χ1v) is 8.25. The summed E-state index contributed by atoms with van der Waals surface area (Å²) >= 11 is 0. The third-order valence-corrected chi connectivity index (χ3v) is 3.57. The summed E-state index contributed by atoms with van der Waals surface area (Å²) in [6, 6.07) is 17.1. The van der Waals surface area contributed by atoms with Crippen LogP contribution in [0.2, 0.25) is 0 Å². The maximum atomic E-state index is 12.3. The van der Waals surface area contributed by atoms with Crippen LogP contribution in [0.15, 0.2) is 54.6 Å². The average Bonchev–Trinajstić information content (AvgIpc) is 2.60. The van der Waals surface area contributed by atoms with Crippen LogP contribution in [-0.4, -0.2) is 36.8 Å². The zero-order valence-electron chi connectivity index (χ0n) is 14.9. The number of carbonyl (C=O) groups is 1. The number of nitrogens with zero attached hydrogens (tertiary/aromatic N) is 1. The molecule has 2 aromatic carbocycles. The molecule has 0 bridgehead atoms. The molecular weight excluding hydrogens is 312 g/mol. The largest absolute Gasteiger partial charge is 0.378 e. The molecule has 2 aromatic rings. The summed E-state index contributed by atoms with van der Waals surface area (Å²) in [6.07, 6.45) is 0. The van der Waals surface area contributed by atoms with Crippen LogP contribution < -0.4 is 10.2 Å². The maximum Gasteiger partial charge on any atom is 0.251 e. The topological polar surface area (TPSA) is 52.6 Å². The minimum absolute atomic E-state index is 0.131. The molecule has 25 heavy (non-hydrogen) atoms. The van der Waals surface area contributed by atoms with E-state index < -0.39 is 5.60 Å². The smallest absolute Gasteiger partial charge is 0.251 e. The Morgan fingerprint density at radius 1 is 1.16 bits per heavy atom. The molecule has 4 heteroatoms. The van der Waals surface area contributed by atoms with Crippen LogP contribution in [0, 0.1) is 11.8 Å². The van der Waals surface area contributed by atoms with E-state index in [2.05, 4.69) is 22.1 Å². The highest BCUT2D eigenvalue weighted by Gasteiger charge is 2.08. The fraction of sp³-hybridized carbons (Fsp3) is 0.286. The first-order chi connectivity index (χ1) is 11.8. The van der Waals surface area contributed by atoms with Crippen LogP contribution in [-0.2, 0) is 0 Å². The van der Waals surface area contributed by atoms with Gasteiger partial charge in [-0.15, -0.1) is 0 Å². The number of hydrogen-bond acceptors (Lipinski definition) is 3. The molecule has 0 spiro atoms. The van der Waals surface area contributed by atoms with Gasteiger partial charge in [0.15, 0.2) is 0 Å². The molecule has 2 rings (SSSR count). The number of hydrogen-bond donors (Lipinski definition) is 2. The standard InChI is InChI=1S/C21H24N2O2/c1-21(2,25)13-12-17-8-7-9-18(16-17)20(24)22-14-15-23(3)19-10-5-4-6-11-19/h4-11,16,25H,14-15H2,1-3H3,(H,22,24). The van der Waals surface area contributed by atoms with Crippen molar-refractivity contribution in [1.29, 1.82) is 0 Å². The minimum Gasteiger partial charge on any atom is -0.378 e. The van der Waals surface area contributed by atoms with Crippen molar-refractivity contribution in [1.82, 2.24) is 5.32 Å². The Hall–Kier alpha value is -2.77. The Balaban J connectivity index is 1.91. The number of benzene rings is 2. The maximum absolute atomic E-state index is 12.3. The summed E-state index contributed by atoms with van der Waals surface area (Å²) < 4.78 is 0. The third-order valence-electron chi connectivity index (χ3n) is 3.57. The molecule has 0 saturated carbocycles. The van der Waals surface area contributed by atoms with Crippen molar-refractivity contribution < 1.29 is 9.90 Å². The molecule has 0 radical (unpaired) electrons. The number of anilines is 1. The molecule has 2 N–H and O–H groups in total. The molecule has 0 aliphatic heterocycles. The highest BCUT2D eigenvalue weighted by molar-refractivity contribution is 5.94. The second-order valence-corrected chi connectivity index (χ2v) is 6.40. The normalized spacial score (nSPS) is 10.6. The van der Waals surface area contributed by atoms with Crippen LogP contribution >= 0.6 is 0 Å². The van der Waals surface area contributed by atoms with Crippen molar-refractivity contribution in [2.45, 2.75) is 19.4 Å². The van der Waals surface area contributed by atoms with Crippen LogP contribution in [0.3, 0.4) is 0 Å². The number of aliphatic hydroxyl groups is 1. The lowest BCUT2D eigenvalue weighted by atomic mass is 10.1. The molecule has 0 heterocycles. The van der Waals surface area contributed by atoms with E-state index in [1.165, 1.54) is 0 Å². The van der Waals surface area contributed by atoms with Gasteiger partial charge in [-0.25, -0.2) is 0 Å². The Labute approximate surface area is 149 Å². The number of amides is 1. The summed E-state index contributed by atoms with van der Waals surface area (Å²) in [4.78, 5) is 14.4. The quantitative estimate of drug-likeness (QED) is 0.826. The first-order valence-electron chi connectivity index (χ1n) is 8.25. The second kappa shape index (κ2) is 8.36. The molecule has 0 unspecified atom stereocenters. The van der Waals surface area contributed by atoms with E-state index >= 15 is 0 Å². The van der Waals surface area contributed by atoms with Gasteiger partial charge in [0.25, 0.3) is 5.91 Å². The van der Waals surface area contributed by atoms with Gasteiger partial charge in [0.05, 0.1) is 0 Å². The number of rotatable bonds is 5. The van der Waals surface area contributed by atoms with Crippen molar-refractivity contribution in [3.63, 3.8) is 0 Å². The van der Waals surface area contributed by atoms with E-state index in [4.69, 9.17) is 0 Å². The van der Waals surface area contributed by atoms with Gasteiger partial charge in [-0.1, -0.05) is 36.1 Å². The molecule has 130 valence electrons. The van der Waals surface area contributed by atoms with Gasteiger partial charge in [0.1, 0.15) is 5.60 Å². The van der Waals surface area contributed by atoms with Crippen LogP contribution in [0.5, 0.6) is 0 Å². The van der Waals surface area contributed by atoms with E-state index in [1.807, 2.05) is 43.4 Å². The third kappa shape index (κ3) is 6.33. The molecule has 0 saturated heterocycles. The molecule has 1 amide bonds. The number of para-hydroxylation sites is 1. The predicted molar refractivity (Wildman–Crippen MR) is 102 cm³/mol. The first kappa shape index (κ1) is 18.6. The van der Waals surface area contributed by atoms with Crippen LogP contribution in [0.4, 0.5) is 5.69 Å². The SMILES string of the molecule is CN(CCNC(=O)c1cccc(C#CC(C)(C)O)c1)c1ccccc1. The summed E-state index contributed by atoms with van der Waals surface area (Å²) in [6.45, 7) is 4.51. The lowest BCUT2D eigenvalue weighted by Crippen LogP contribution is -2.33. The van der Waals surface area contributed by atoms with Gasteiger partial charge < -0.3 is 15.3 Å². The average molecular weight is 336 g/mol. The van der Waals surface area contributed by atoms with Gasteiger partial charge in [0.2, 0.25) is 0 Å². The van der Waals surface area contributed by atoms with Crippen LogP contribution in [0.1, 0.15) is 29.8 Å². The van der Waals surface area contributed by atoms with Crippen molar-refractivity contribution in [2.24, 2.45) is 0 Å². The lowest BCUT2D eigenvalue weighted by molar-refractivity contribution is 0.0954. The highest BCUT2D eigenvalue weighted by atomic mass is 16.3. The molecule has 0 aromatic heterocycles. The molecule has 0 aliphatic rings. The summed E-state index contributed by atoms with van der Waals surface area (Å²) in [5.41, 5.74) is 1.32. The molecule has 4 nitrogen and oxygen atoms in total. The van der Waals surface area contributed by atoms with Gasteiger partial charge in [0, 0.05) is 37.0 Å². The van der Waals surface area contributed by atoms with Gasteiger partial charge in [-0.05, 0) is 44.2 Å². The highest BCUT2D eigenvalue weighted by Crippen LogP contribution is 2.10. The van der Waals surface area contributed by atoms with Gasteiger partial charge in [-0.3, -0.25) is 4.79 Å². The summed E-state index contributed by atoms with van der Waals surface area (Å²) in [7, 11) is 1.99. The van der Waals surface area contributed by atoms with Crippen molar-refractivity contribution in [3.8, 4) is 11.8 Å². The predicted octanol–water partition coefficient (Wildman–Crippen LogP) is 2.68. The van der Waals surface area contributed by atoms with Gasteiger partial charge in [-0.2, -0.15) is 0 Å². The zero-order valence-corrected chi connectivity index (χ0v) is 14.9. The lowest BCUT2D eigenvalue weighted by Gasteiger charge is -2.19. The Kier molecular flexibility index (Phi) is 6.21. The summed E-state index contributed by atoms with van der Waals surface area (Å²) in [5, 5.41) is 12.6. The van der Waals surface area contributed by atoms with Crippen molar-refractivity contribution >= 4 is 11.6 Å². The monoisotopic (exact) mass is 336 g/mol. The summed E-state index contributed by atoms with van der Waals surface area (Å²) in [5.74, 6) is 5.50. The number of nitrogens with one attached hydrogen (secondary N) is 1. The molecular formula is C21H24N2O2. The fourth-order valence-electron chi connectivity index (χ4n) is 2.21. The molecule has 0 aliphatic carbocycles. The second-order valence-electron chi connectivity index (χ2n) is 6.40. The minimum atomic E-state index is -1.06.